The molecule has 0 fully saturated rings. The first-order valence-corrected chi connectivity index (χ1v) is 6.16. The van der Waals surface area contributed by atoms with Crippen LogP contribution in [-0.4, -0.2) is 22.6 Å². The van der Waals surface area contributed by atoms with Gasteiger partial charge in [-0.15, -0.1) is 0 Å². The average Bonchev–Trinajstić information content (AvgIpc) is 2.36. The van der Waals surface area contributed by atoms with Gasteiger partial charge in [-0.1, -0.05) is 24.9 Å². The first-order valence-electron chi connectivity index (χ1n) is 5.73. The zero-order valence-corrected chi connectivity index (χ0v) is 10.8. The van der Waals surface area contributed by atoms with Gasteiger partial charge in [-0.25, -0.2) is 9.59 Å². The number of carbonyl (C=O) groups excluding carboxylic acids is 1. The predicted octanol–water partition coefficient (Wildman–Crippen LogP) is 3.30. The van der Waals surface area contributed by atoms with Crippen molar-refractivity contribution in [3.63, 3.8) is 0 Å². The van der Waals surface area contributed by atoms with Crippen molar-refractivity contribution in [1.82, 2.24) is 0 Å². The highest BCUT2D eigenvalue weighted by Gasteiger charge is 2.13. The third-order valence-corrected chi connectivity index (χ3v) is 2.69. The number of aromatic carboxylic acids is 1. The number of carbonyl (C=O) groups is 2. The smallest absolute Gasteiger partial charge is 0.339 e. The van der Waals surface area contributed by atoms with Gasteiger partial charge in [0.2, 0.25) is 0 Å². The van der Waals surface area contributed by atoms with Crippen LogP contribution >= 0.6 is 11.6 Å². The molecule has 0 saturated heterocycles. The molecule has 0 aliphatic heterocycles. The van der Waals surface area contributed by atoms with E-state index in [1.54, 1.807) is 0 Å². The Balaban J connectivity index is 2.58. The van der Waals surface area contributed by atoms with Crippen molar-refractivity contribution in [1.29, 1.82) is 0 Å². The first-order chi connectivity index (χ1) is 8.54. The summed E-state index contributed by atoms with van der Waals surface area (Å²) < 4.78 is 5.02. The molecule has 0 heterocycles. The molecule has 18 heavy (non-hydrogen) atoms. The molecule has 4 nitrogen and oxygen atoms in total. The number of esters is 1. The van der Waals surface area contributed by atoms with E-state index in [1.165, 1.54) is 24.3 Å². The summed E-state index contributed by atoms with van der Waals surface area (Å²) in [6.45, 7) is 2.02. The number of unbranched alkanes of at least 4 members (excludes halogenated alkanes) is 1. The van der Waals surface area contributed by atoms with Gasteiger partial charge in [-0.3, -0.25) is 0 Å². The van der Waals surface area contributed by atoms with Crippen molar-refractivity contribution >= 4 is 23.5 Å². The molecule has 0 radical (unpaired) electrons. The molecule has 0 aliphatic rings. The van der Waals surface area contributed by atoms with Crippen molar-refractivity contribution in [2.45, 2.75) is 31.7 Å². The van der Waals surface area contributed by atoms with Crippen LogP contribution in [0.3, 0.4) is 0 Å². The van der Waals surface area contributed by atoms with Crippen LogP contribution in [0.1, 0.15) is 46.9 Å². The van der Waals surface area contributed by atoms with E-state index in [-0.39, 0.29) is 5.56 Å². The van der Waals surface area contributed by atoms with Gasteiger partial charge in [0.25, 0.3) is 0 Å². The Morgan fingerprint density at radius 1 is 1.28 bits per heavy atom. The van der Waals surface area contributed by atoms with Crippen LogP contribution in [-0.2, 0) is 4.74 Å². The molecule has 0 saturated carbocycles. The highest BCUT2D eigenvalue weighted by atomic mass is 35.5. The third-order valence-electron chi connectivity index (χ3n) is 2.39. The standard InChI is InChI=1S/C13H15ClO4/c1-2-3-4-11(14)18-13(17)10-7-5-9(6-8-10)12(15)16/h5-8,11H,2-4H2,1H3,(H,15,16). The van der Waals surface area contributed by atoms with Crippen molar-refractivity contribution < 1.29 is 19.4 Å². The van der Waals surface area contributed by atoms with Gasteiger partial charge < -0.3 is 9.84 Å². The number of carboxylic acids is 1. The number of hydrogen-bond donors (Lipinski definition) is 1. The van der Waals surface area contributed by atoms with Gasteiger partial charge in [0.1, 0.15) is 0 Å². The lowest BCUT2D eigenvalue weighted by molar-refractivity contribution is 0.0433. The Morgan fingerprint density at radius 2 is 1.83 bits per heavy atom. The van der Waals surface area contributed by atoms with E-state index in [1.807, 2.05) is 6.92 Å². The molecule has 1 aromatic carbocycles. The van der Waals surface area contributed by atoms with Crippen molar-refractivity contribution in [3.05, 3.63) is 35.4 Å². The van der Waals surface area contributed by atoms with Gasteiger partial charge in [-0.05, 0) is 37.1 Å². The predicted molar refractivity (Wildman–Crippen MR) is 68.0 cm³/mol. The zero-order valence-electron chi connectivity index (χ0n) is 10.1. The number of ether oxygens (including phenoxy) is 1. The van der Waals surface area contributed by atoms with E-state index in [4.69, 9.17) is 21.4 Å². The topological polar surface area (TPSA) is 63.6 Å². The van der Waals surface area contributed by atoms with E-state index in [0.717, 1.165) is 12.8 Å². The van der Waals surface area contributed by atoms with E-state index in [0.29, 0.717) is 12.0 Å². The molecule has 0 aliphatic carbocycles. The molecule has 5 heteroatoms. The summed E-state index contributed by atoms with van der Waals surface area (Å²) in [5, 5.41) is 8.72. The molecule has 0 spiro atoms. The van der Waals surface area contributed by atoms with Crippen LogP contribution in [0.2, 0.25) is 0 Å². The summed E-state index contributed by atoms with van der Waals surface area (Å²) in [7, 11) is 0. The molecule has 1 unspecified atom stereocenters. The lowest BCUT2D eigenvalue weighted by Gasteiger charge is -2.10. The second-order valence-electron chi connectivity index (χ2n) is 3.84. The van der Waals surface area contributed by atoms with Crippen LogP contribution in [0.15, 0.2) is 24.3 Å². The number of alkyl halides is 1. The fraction of sp³-hybridized carbons (Fsp3) is 0.385. The lowest BCUT2D eigenvalue weighted by atomic mass is 10.1. The second-order valence-corrected chi connectivity index (χ2v) is 4.33. The Bertz CT molecular complexity index is 414. The van der Waals surface area contributed by atoms with Gasteiger partial charge in [-0.2, -0.15) is 0 Å². The third kappa shape index (κ3) is 4.37. The Hall–Kier alpha value is -1.55. The van der Waals surface area contributed by atoms with Gasteiger partial charge in [0, 0.05) is 0 Å². The lowest BCUT2D eigenvalue weighted by Crippen LogP contribution is -2.13. The molecular formula is C13H15ClO4. The molecule has 1 aromatic rings. The first kappa shape index (κ1) is 14.5. The number of hydrogen-bond acceptors (Lipinski definition) is 3. The quantitative estimate of drug-likeness (QED) is 0.636. The maximum absolute atomic E-state index is 11.6. The summed E-state index contributed by atoms with van der Waals surface area (Å²) >= 11 is 5.85. The monoisotopic (exact) mass is 270 g/mol. The maximum Gasteiger partial charge on any atom is 0.339 e. The average molecular weight is 271 g/mol. The normalized spacial score (nSPS) is 11.9. The zero-order chi connectivity index (χ0) is 13.5. The number of carboxylic acid groups (broad SMARTS) is 1. The Morgan fingerprint density at radius 3 is 2.33 bits per heavy atom. The molecule has 1 atom stereocenters. The summed E-state index contributed by atoms with van der Waals surface area (Å²) in [6, 6.07) is 5.53. The maximum atomic E-state index is 11.6. The van der Waals surface area contributed by atoms with Gasteiger partial charge in [0.05, 0.1) is 11.1 Å². The molecule has 0 aromatic heterocycles. The molecule has 1 rings (SSSR count). The second kappa shape index (κ2) is 7.01. The van der Waals surface area contributed by atoms with E-state index in [2.05, 4.69) is 0 Å². The minimum Gasteiger partial charge on any atom is -0.478 e. The van der Waals surface area contributed by atoms with Crippen LogP contribution in [0, 0.1) is 0 Å². The summed E-state index contributed by atoms with van der Waals surface area (Å²) in [5.41, 5.74) is -0.223. The number of benzene rings is 1. The summed E-state index contributed by atoms with van der Waals surface area (Å²) in [4.78, 5) is 22.3. The number of halogens is 1. The minimum atomic E-state index is -1.03. The van der Waals surface area contributed by atoms with Crippen molar-refractivity contribution in [3.8, 4) is 0 Å². The SMILES string of the molecule is CCCCC(Cl)OC(=O)c1ccc(C(=O)O)cc1. The fourth-order valence-corrected chi connectivity index (χ4v) is 1.59. The van der Waals surface area contributed by atoms with E-state index < -0.39 is 17.5 Å². The van der Waals surface area contributed by atoms with Crippen molar-refractivity contribution in [2.24, 2.45) is 0 Å². The summed E-state index contributed by atoms with van der Waals surface area (Å²) in [6.07, 6.45) is 2.48. The number of rotatable bonds is 6. The van der Waals surface area contributed by atoms with Crippen LogP contribution in [0.5, 0.6) is 0 Å². The molecular weight excluding hydrogens is 256 g/mol. The molecule has 1 N–H and O–H groups in total. The van der Waals surface area contributed by atoms with Gasteiger partial charge >= 0.3 is 11.9 Å². The molecule has 0 amide bonds. The Kier molecular flexibility index (Phi) is 5.65. The largest absolute Gasteiger partial charge is 0.478 e. The summed E-state index contributed by atoms with van der Waals surface area (Å²) in [5.74, 6) is -1.57. The van der Waals surface area contributed by atoms with Crippen LogP contribution in [0.4, 0.5) is 0 Å². The van der Waals surface area contributed by atoms with Gasteiger partial charge in [0.15, 0.2) is 5.56 Å². The van der Waals surface area contributed by atoms with E-state index in [9.17, 15) is 9.59 Å². The molecule has 98 valence electrons. The minimum absolute atomic E-state index is 0.125. The van der Waals surface area contributed by atoms with Crippen molar-refractivity contribution in [2.75, 3.05) is 0 Å². The fourth-order valence-electron chi connectivity index (χ4n) is 1.36. The Labute approximate surface area is 111 Å². The highest BCUT2D eigenvalue weighted by Crippen LogP contribution is 2.13. The van der Waals surface area contributed by atoms with E-state index >= 15 is 0 Å². The van der Waals surface area contributed by atoms with Crippen LogP contribution < -0.4 is 0 Å². The molecule has 0 bridgehead atoms. The van der Waals surface area contributed by atoms with Crippen LogP contribution in [0.25, 0.3) is 0 Å². The highest BCUT2D eigenvalue weighted by molar-refractivity contribution is 6.20.